The van der Waals surface area contributed by atoms with Crippen molar-refractivity contribution in [1.29, 1.82) is 0 Å². The van der Waals surface area contributed by atoms with Crippen LogP contribution in [0.5, 0.6) is 5.75 Å². The van der Waals surface area contributed by atoms with Crippen LogP contribution in [0.25, 0.3) is 0 Å². The molecule has 0 spiro atoms. The van der Waals surface area contributed by atoms with Crippen LogP contribution in [0.2, 0.25) is 10.0 Å². The molecule has 5 nitrogen and oxygen atoms in total. The molecule has 0 aliphatic carbocycles. The Morgan fingerprint density at radius 1 is 1.12 bits per heavy atom. The zero-order chi connectivity index (χ0) is 20.0. The van der Waals surface area contributed by atoms with E-state index >= 15 is 0 Å². The molecule has 0 unspecified atom stereocenters. The third-order valence-electron chi connectivity index (χ3n) is 4.03. The van der Waals surface area contributed by atoms with E-state index in [0.29, 0.717) is 0 Å². The molecule has 8 heteroatoms. The summed E-state index contributed by atoms with van der Waals surface area (Å²) in [5, 5.41) is 19.8. The number of benzene rings is 2. The smallest absolute Gasteiger partial charge is 0.339 e. The lowest BCUT2D eigenvalue weighted by atomic mass is 9.84. The van der Waals surface area contributed by atoms with Crippen LogP contribution in [0.15, 0.2) is 34.1 Å². The molecule has 0 saturated heterocycles. The summed E-state index contributed by atoms with van der Waals surface area (Å²) in [5.74, 6) is -1.86. The van der Waals surface area contributed by atoms with Crippen molar-refractivity contribution in [2.75, 3.05) is 0 Å². The molecule has 0 aliphatic rings. The highest BCUT2D eigenvalue weighted by Crippen LogP contribution is 2.41. The molecule has 0 fully saturated rings. The van der Waals surface area contributed by atoms with Crippen molar-refractivity contribution in [3.63, 3.8) is 0 Å². The summed E-state index contributed by atoms with van der Waals surface area (Å²) < 4.78 is 26.4. The first-order valence-electron chi connectivity index (χ1n) is 7.59. The van der Waals surface area contributed by atoms with Gasteiger partial charge in [0.25, 0.3) is 0 Å². The minimum Gasteiger partial charge on any atom is -0.507 e. The van der Waals surface area contributed by atoms with Crippen LogP contribution in [0.4, 0.5) is 0 Å². The maximum absolute atomic E-state index is 13.2. The van der Waals surface area contributed by atoms with Gasteiger partial charge in [-0.2, -0.15) is 0 Å². The first-order valence-corrected chi connectivity index (χ1v) is 9.83. The lowest BCUT2D eigenvalue weighted by Gasteiger charge is -2.24. The number of hydrogen-bond acceptors (Lipinski definition) is 4. The van der Waals surface area contributed by atoms with Crippen LogP contribution in [0.3, 0.4) is 0 Å². The third kappa shape index (κ3) is 3.41. The number of aromatic hydroxyl groups is 1. The van der Waals surface area contributed by atoms with Crippen molar-refractivity contribution < 1.29 is 23.4 Å². The number of sulfone groups is 1. The van der Waals surface area contributed by atoms with E-state index in [4.69, 9.17) is 23.2 Å². The van der Waals surface area contributed by atoms with Gasteiger partial charge in [-0.1, -0.05) is 50.0 Å². The highest BCUT2D eigenvalue weighted by atomic mass is 35.5. The second-order valence-electron chi connectivity index (χ2n) is 6.88. The van der Waals surface area contributed by atoms with Crippen molar-refractivity contribution in [2.24, 2.45) is 0 Å². The summed E-state index contributed by atoms with van der Waals surface area (Å²) >= 11 is 12.0. The van der Waals surface area contributed by atoms with Crippen LogP contribution in [-0.2, 0) is 15.3 Å². The Hall–Kier alpha value is -1.76. The van der Waals surface area contributed by atoms with Crippen LogP contribution in [0, 0.1) is 6.92 Å². The fraction of sp³-hybridized carbons (Fsp3) is 0.278. The Labute approximate surface area is 162 Å². The topological polar surface area (TPSA) is 91.7 Å². The van der Waals surface area contributed by atoms with E-state index in [1.54, 1.807) is 20.8 Å². The Kier molecular flexibility index (Phi) is 5.34. The van der Waals surface area contributed by atoms with Gasteiger partial charge in [0.15, 0.2) is 0 Å². The van der Waals surface area contributed by atoms with E-state index in [1.165, 1.54) is 31.2 Å². The molecule has 0 atom stereocenters. The molecule has 140 valence electrons. The van der Waals surface area contributed by atoms with Crippen molar-refractivity contribution in [3.8, 4) is 5.75 Å². The van der Waals surface area contributed by atoms with Crippen LogP contribution in [0.1, 0.15) is 42.3 Å². The summed E-state index contributed by atoms with van der Waals surface area (Å²) in [6.07, 6.45) is 0. The van der Waals surface area contributed by atoms with Crippen LogP contribution < -0.4 is 0 Å². The van der Waals surface area contributed by atoms with E-state index in [9.17, 15) is 23.4 Å². The Balaban J connectivity index is 2.95. The largest absolute Gasteiger partial charge is 0.507 e. The van der Waals surface area contributed by atoms with Crippen LogP contribution >= 0.6 is 23.2 Å². The lowest BCUT2D eigenvalue weighted by molar-refractivity contribution is 0.0692. The van der Waals surface area contributed by atoms with Gasteiger partial charge in [0.2, 0.25) is 9.84 Å². The monoisotopic (exact) mass is 416 g/mol. The second-order valence-corrected chi connectivity index (χ2v) is 9.55. The number of carboxylic acid groups (broad SMARTS) is 1. The van der Waals surface area contributed by atoms with E-state index in [1.807, 2.05) is 0 Å². The number of phenols is 1. The molecule has 0 heterocycles. The van der Waals surface area contributed by atoms with Crippen molar-refractivity contribution in [2.45, 2.75) is 42.9 Å². The minimum atomic E-state index is -4.17. The maximum Gasteiger partial charge on any atom is 0.339 e. The van der Waals surface area contributed by atoms with Gasteiger partial charge in [-0.3, -0.25) is 0 Å². The SMILES string of the molecule is Cc1c(S(=O)(=O)c2cccc(Cl)c2Cl)cc(C(C)(C)C)c(O)c1C(=O)O. The average Bonchev–Trinajstić information content (AvgIpc) is 2.47. The molecule has 0 aromatic heterocycles. The molecule has 0 saturated carbocycles. The molecular weight excluding hydrogens is 399 g/mol. The zero-order valence-electron chi connectivity index (χ0n) is 14.6. The number of halogens is 2. The quantitative estimate of drug-likeness (QED) is 0.746. The number of aromatic carboxylic acids is 1. The van der Waals surface area contributed by atoms with Crippen molar-refractivity contribution in [3.05, 3.63) is 51.0 Å². The van der Waals surface area contributed by atoms with Gasteiger partial charge in [0.05, 0.1) is 19.8 Å². The summed E-state index contributed by atoms with van der Waals surface area (Å²) in [6.45, 7) is 6.56. The molecule has 0 aliphatic heterocycles. The van der Waals surface area contributed by atoms with Gasteiger partial charge in [0.1, 0.15) is 11.3 Å². The first-order chi connectivity index (χ1) is 11.8. The second kappa shape index (κ2) is 6.76. The Morgan fingerprint density at radius 2 is 1.69 bits per heavy atom. The number of hydrogen-bond donors (Lipinski definition) is 2. The van der Waals surface area contributed by atoms with Gasteiger partial charge in [-0.25, -0.2) is 13.2 Å². The first kappa shape index (κ1) is 20.6. The molecule has 2 aromatic carbocycles. The Morgan fingerprint density at radius 3 is 2.19 bits per heavy atom. The Bertz CT molecular complexity index is 1010. The summed E-state index contributed by atoms with van der Waals surface area (Å²) in [4.78, 5) is 11.2. The normalized spacial score (nSPS) is 12.2. The van der Waals surface area contributed by atoms with Crippen molar-refractivity contribution in [1.82, 2.24) is 0 Å². The highest BCUT2D eigenvalue weighted by Gasteiger charge is 2.32. The van der Waals surface area contributed by atoms with Gasteiger partial charge >= 0.3 is 5.97 Å². The van der Waals surface area contributed by atoms with Crippen molar-refractivity contribution >= 4 is 39.0 Å². The van der Waals surface area contributed by atoms with E-state index < -0.39 is 32.5 Å². The standard InChI is InChI=1S/C18H18Cl2O5S/c1-9-13(26(24,25)12-7-5-6-11(19)15(12)20)8-10(18(2,3)4)16(21)14(9)17(22)23/h5-8,21H,1-4H3,(H,22,23). The van der Waals surface area contributed by atoms with Gasteiger partial charge in [-0.05, 0) is 36.1 Å². The van der Waals surface area contributed by atoms with E-state index in [-0.39, 0.29) is 31.0 Å². The molecule has 2 N–H and O–H groups in total. The third-order valence-corrected chi connectivity index (χ3v) is 6.88. The van der Waals surface area contributed by atoms with E-state index in [0.717, 1.165) is 0 Å². The predicted octanol–water partition coefficient (Wildman–Crippen LogP) is 4.84. The van der Waals surface area contributed by atoms with Crippen LogP contribution in [-0.4, -0.2) is 24.6 Å². The fourth-order valence-corrected chi connectivity index (χ4v) is 4.95. The average molecular weight is 417 g/mol. The zero-order valence-corrected chi connectivity index (χ0v) is 16.9. The molecule has 2 rings (SSSR count). The fourth-order valence-electron chi connectivity index (χ4n) is 2.67. The highest BCUT2D eigenvalue weighted by molar-refractivity contribution is 7.91. The molecule has 0 amide bonds. The molecule has 2 aromatic rings. The lowest BCUT2D eigenvalue weighted by Crippen LogP contribution is -2.17. The van der Waals surface area contributed by atoms with E-state index in [2.05, 4.69) is 0 Å². The number of rotatable bonds is 3. The number of carbonyl (C=O) groups is 1. The minimum absolute atomic E-state index is 0.0682. The van der Waals surface area contributed by atoms with Gasteiger partial charge in [-0.15, -0.1) is 0 Å². The molecule has 26 heavy (non-hydrogen) atoms. The summed E-state index contributed by atoms with van der Waals surface area (Å²) in [7, 11) is -4.17. The predicted molar refractivity (Wildman–Crippen MR) is 100 cm³/mol. The molecule has 0 radical (unpaired) electrons. The maximum atomic E-state index is 13.2. The molecule has 0 bridgehead atoms. The van der Waals surface area contributed by atoms with Gasteiger partial charge < -0.3 is 10.2 Å². The summed E-state index contributed by atoms with van der Waals surface area (Å²) in [5.41, 5.74) is -1.00. The summed E-state index contributed by atoms with van der Waals surface area (Å²) in [6, 6.07) is 5.49. The number of carboxylic acids is 1. The molecular formula is C18H18Cl2O5S. The van der Waals surface area contributed by atoms with Gasteiger partial charge in [0, 0.05) is 5.56 Å².